The number of rotatable bonds is 4. The predicted octanol–water partition coefficient (Wildman–Crippen LogP) is 2.70. The van der Waals surface area contributed by atoms with Crippen LogP contribution in [0.5, 0.6) is 0 Å². The molecule has 3 heteroatoms. The van der Waals surface area contributed by atoms with Gasteiger partial charge in [-0.1, -0.05) is 26.0 Å². The summed E-state index contributed by atoms with van der Waals surface area (Å²) in [7, 11) is 0. The highest BCUT2D eigenvalue weighted by molar-refractivity contribution is 5.41. The number of nitrogen functional groups attached to an aromatic ring is 1. The Bertz CT molecular complexity index is 427. The summed E-state index contributed by atoms with van der Waals surface area (Å²) >= 11 is 0. The van der Waals surface area contributed by atoms with E-state index in [0.29, 0.717) is 0 Å². The van der Waals surface area contributed by atoms with Crippen LogP contribution in [-0.2, 0) is 10.2 Å². The van der Waals surface area contributed by atoms with E-state index in [-0.39, 0.29) is 17.1 Å². The maximum absolute atomic E-state index is 5.75. The molecule has 0 amide bonds. The molecule has 0 radical (unpaired) electrons. The normalized spacial score (nSPS) is 27.7. The Hall–Kier alpha value is -1.06. The van der Waals surface area contributed by atoms with Gasteiger partial charge in [0.1, 0.15) is 0 Å². The lowest BCUT2D eigenvalue weighted by molar-refractivity contribution is 0.0868. The molecule has 1 aromatic carbocycles. The lowest BCUT2D eigenvalue weighted by Gasteiger charge is -2.34. The van der Waals surface area contributed by atoms with Gasteiger partial charge in [-0.15, -0.1) is 0 Å². The first-order chi connectivity index (χ1) is 8.83. The molecule has 0 saturated carbocycles. The maximum atomic E-state index is 5.75. The lowest BCUT2D eigenvalue weighted by Crippen LogP contribution is -2.51. The fourth-order valence-electron chi connectivity index (χ4n) is 2.53. The van der Waals surface area contributed by atoms with Crippen molar-refractivity contribution < 1.29 is 4.74 Å². The van der Waals surface area contributed by atoms with Gasteiger partial charge < -0.3 is 15.8 Å². The second-order valence-electron chi connectivity index (χ2n) is 6.54. The molecular formula is C16H26N2O. The molecule has 1 aliphatic rings. The number of ether oxygens (including phenoxy) is 1. The minimum atomic E-state index is 0.0824. The summed E-state index contributed by atoms with van der Waals surface area (Å²) in [6, 6.07) is 8.18. The lowest BCUT2D eigenvalue weighted by atomic mass is 9.83. The van der Waals surface area contributed by atoms with E-state index in [1.54, 1.807) is 0 Å². The van der Waals surface area contributed by atoms with Gasteiger partial charge in [-0.25, -0.2) is 0 Å². The van der Waals surface area contributed by atoms with E-state index < -0.39 is 0 Å². The second-order valence-corrected chi connectivity index (χ2v) is 6.54. The number of anilines is 1. The van der Waals surface area contributed by atoms with Crippen LogP contribution in [0.25, 0.3) is 0 Å². The van der Waals surface area contributed by atoms with Crippen molar-refractivity contribution in [1.82, 2.24) is 5.32 Å². The van der Waals surface area contributed by atoms with E-state index in [9.17, 15) is 0 Å². The van der Waals surface area contributed by atoms with Gasteiger partial charge in [-0.05, 0) is 38.0 Å². The van der Waals surface area contributed by atoms with Crippen LogP contribution in [0.15, 0.2) is 24.3 Å². The zero-order valence-electron chi connectivity index (χ0n) is 12.5. The zero-order chi connectivity index (χ0) is 14.1. The number of benzene rings is 1. The number of hydrogen-bond donors (Lipinski definition) is 2. The minimum Gasteiger partial charge on any atom is -0.399 e. The van der Waals surface area contributed by atoms with Gasteiger partial charge in [0.25, 0.3) is 0 Å². The van der Waals surface area contributed by atoms with Crippen molar-refractivity contribution in [2.75, 3.05) is 18.9 Å². The van der Waals surface area contributed by atoms with Crippen LogP contribution in [0, 0.1) is 0 Å². The Morgan fingerprint density at radius 3 is 2.53 bits per heavy atom. The summed E-state index contributed by atoms with van der Waals surface area (Å²) in [5.41, 5.74) is 8.05. The molecule has 2 atom stereocenters. The molecule has 3 N–H and O–H groups in total. The number of nitrogens with one attached hydrogen (secondary N) is 1. The third-order valence-corrected chi connectivity index (χ3v) is 4.51. The summed E-state index contributed by atoms with van der Waals surface area (Å²) in [5.74, 6) is 0. The zero-order valence-corrected chi connectivity index (χ0v) is 12.5. The summed E-state index contributed by atoms with van der Waals surface area (Å²) in [6.07, 6.45) is 1.35. The molecule has 1 saturated heterocycles. The molecule has 2 unspecified atom stereocenters. The molecule has 19 heavy (non-hydrogen) atoms. The molecule has 0 aliphatic carbocycles. The van der Waals surface area contributed by atoms with Crippen molar-refractivity contribution >= 4 is 5.69 Å². The van der Waals surface area contributed by atoms with Crippen LogP contribution < -0.4 is 11.1 Å². The van der Waals surface area contributed by atoms with Crippen molar-refractivity contribution in [3.05, 3.63) is 29.8 Å². The Labute approximate surface area is 116 Å². The molecular weight excluding hydrogens is 236 g/mol. The van der Waals surface area contributed by atoms with Crippen LogP contribution in [0.4, 0.5) is 5.69 Å². The summed E-state index contributed by atoms with van der Waals surface area (Å²) in [4.78, 5) is 0. The molecule has 3 nitrogen and oxygen atoms in total. The molecule has 0 aromatic heterocycles. The van der Waals surface area contributed by atoms with Gasteiger partial charge in [0, 0.05) is 29.8 Å². The van der Waals surface area contributed by atoms with Crippen molar-refractivity contribution in [3.63, 3.8) is 0 Å². The van der Waals surface area contributed by atoms with Gasteiger partial charge >= 0.3 is 0 Å². The van der Waals surface area contributed by atoms with Crippen molar-refractivity contribution in [3.8, 4) is 0 Å². The molecule has 2 rings (SSSR count). The summed E-state index contributed by atoms with van der Waals surface area (Å²) in [6.45, 7) is 10.7. The topological polar surface area (TPSA) is 47.3 Å². The monoisotopic (exact) mass is 262 g/mol. The van der Waals surface area contributed by atoms with E-state index >= 15 is 0 Å². The summed E-state index contributed by atoms with van der Waals surface area (Å²) in [5, 5.41) is 3.70. The molecule has 1 aromatic rings. The quantitative estimate of drug-likeness (QED) is 0.820. The molecule has 106 valence electrons. The Kier molecular flexibility index (Phi) is 3.88. The Balaban J connectivity index is 2.03. The fraction of sp³-hybridized carbons (Fsp3) is 0.625. The second kappa shape index (κ2) is 5.14. The summed E-state index contributed by atoms with van der Waals surface area (Å²) < 4.78 is 5.68. The van der Waals surface area contributed by atoms with Crippen molar-refractivity contribution in [1.29, 1.82) is 0 Å². The molecule has 1 heterocycles. The van der Waals surface area contributed by atoms with Crippen LogP contribution in [0.3, 0.4) is 0 Å². The van der Waals surface area contributed by atoms with Gasteiger partial charge in [0.05, 0.1) is 6.10 Å². The van der Waals surface area contributed by atoms with E-state index in [0.717, 1.165) is 25.3 Å². The average molecular weight is 262 g/mol. The van der Waals surface area contributed by atoms with Gasteiger partial charge in [-0.2, -0.15) is 0 Å². The molecule has 1 fully saturated rings. The van der Waals surface area contributed by atoms with Crippen LogP contribution in [-0.4, -0.2) is 24.8 Å². The predicted molar refractivity (Wildman–Crippen MR) is 80.3 cm³/mol. The number of nitrogens with two attached hydrogens (primary N) is 1. The molecule has 0 bridgehead atoms. The standard InChI is InChI=1S/C16H26N2O/c1-12-16(4,9-10-19-12)18-11-15(2,3)13-5-7-14(17)8-6-13/h5-8,12,18H,9-11,17H2,1-4H3. The fourth-order valence-corrected chi connectivity index (χ4v) is 2.53. The first-order valence-corrected chi connectivity index (χ1v) is 7.06. The van der Waals surface area contributed by atoms with E-state index in [1.807, 2.05) is 12.1 Å². The minimum absolute atomic E-state index is 0.0824. The first-order valence-electron chi connectivity index (χ1n) is 7.06. The van der Waals surface area contributed by atoms with E-state index in [2.05, 4.69) is 45.1 Å². The van der Waals surface area contributed by atoms with Gasteiger partial charge in [0.15, 0.2) is 0 Å². The highest BCUT2D eigenvalue weighted by Crippen LogP contribution is 2.28. The van der Waals surface area contributed by atoms with Gasteiger partial charge in [0.2, 0.25) is 0 Å². The van der Waals surface area contributed by atoms with Crippen LogP contribution in [0.2, 0.25) is 0 Å². The number of hydrogen-bond acceptors (Lipinski definition) is 3. The highest BCUT2D eigenvalue weighted by Gasteiger charge is 2.37. The van der Waals surface area contributed by atoms with E-state index in [1.165, 1.54) is 5.56 Å². The van der Waals surface area contributed by atoms with Crippen molar-refractivity contribution in [2.24, 2.45) is 0 Å². The highest BCUT2D eigenvalue weighted by atomic mass is 16.5. The molecule has 0 spiro atoms. The third-order valence-electron chi connectivity index (χ3n) is 4.51. The van der Waals surface area contributed by atoms with E-state index in [4.69, 9.17) is 10.5 Å². The largest absolute Gasteiger partial charge is 0.399 e. The smallest absolute Gasteiger partial charge is 0.0726 e. The average Bonchev–Trinajstić information content (AvgIpc) is 2.69. The third kappa shape index (κ3) is 3.10. The van der Waals surface area contributed by atoms with Gasteiger partial charge in [-0.3, -0.25) is 0 Å². The van der Waals surface area contributed by atoms with Crippen LogP contribution >= 0.6 is 0 Å². The maximum Gasteiger partial charge on any atom is 0.0726 e. The van der Waals surface area contributed by atoms with Crippen LogP contribution in [0.1, 0.15) is 39.7 Å². The Morgan fingerprint density at radius 2 is 2.00 bits per heavy atom. The molecule has 1 aliphatic heterocycles. The van der Waals surface area contributed by atoms with Crippen molar-refractivity contribution in [2.45, 2.75) is 51.2 Å². The first kappa shape index (κ1) is 14.4. The SMILES string of the molecule is CC1OCCC1(C)NCC(C)(C)c1ccc(N)cc1. The Morgan fingerprint density at radius 1 is 1.37 bits per heavy atom.